The lowest BCUT2D eigenvalue weighted by molar-refractivity contribution is 0.405. The van der Waals surface area contributed by atoms with Gasteiger partial charge in [-0.2, -0.15) is 0 Å². The second-order valence-electron chi connectivity index (χ2n) is 5.12. The number of anilines is 1. The minimum Gasteiger partial charge on any atom is -0.338 e. The second-order valence-corrected chi connectivity index (χ2v) is 9.06. The molecule has 0 aliphatic heterocycles. The Kier molecular flexibility index (Phi) is 4.07. The van der Waals surface area contributed by atoms with Crippen LogP contribution in [-0.4, -0.2) is 13.6 Å². The van der Waals surface area contributed by atoms with Gasteiger partial charge in [0.15, 0.2) is 0 Å². The Labute approximate surface area is 130 Å². The van der Waals surface area contributed by atoms with Gasteiger partial charge in [-0.1, -0.05) is 49.1 Å². The van der Waals surface area contributed by atoms with Crippen LogP contribution in [0.15, 0.2) is 21.6 Å². The maximum Gasteiger partial charge on any atom is 0.266 e. The zero-order valence-electron chi connectivity index (χ0n) is 10.9. The Morgan fingerprint density at radius 3 is 2.40 bits per heavy atom. The number of nitrogens with one attached hydrogen (secondary N) is 1. The largest absolute Gasteiger partial charge is 0.338 e. The Hall–Kier alpha value is -0.760. The Morgan fingerprint density at radius 2 is 1.95 bits per heavy atom. The van der Waals surface area contributed by atoms with E-state index in [0.717, 1.165) is 11.3 Å². The number of rotatable bonds is 3. The minimum absolute atomic E-state index is 0.0355. The van der Waals surface area contributed by atoms with Gasteiger partial charge in [-0.05, 0) is 6.07 Å². The van der Waals surface area contributed by atoms with Gasteiger partial charge >= 0.3 is 0 Å². The number of hydrogen-bond acceptors (Lipinski definition) is 5. The van der Waals surface area contributed by atoms with Gasteiger partial charge in [0, 0.05) is 11.5 Å². The van der Waals surface area contributed by atoms with Crippen LogP contribution >= 0.6 is 34.5 Å². The Morgan fingerprint density at radius 1 is 1.30 bits per heavy atom. The monoisotopic (exact) mass is 354 g/mol. The first-order valence-electron chi connectivity index (χ1n) is 5.54. The van der Waals surface area contributed by atoms with E-state index < -0.39 is 10.0 Å². The SMILES string of the molecule is CC(C)(C)c1cc(NS(=O)(=O)c2cc(Cl)sc2Cl)on1. The van der Waals surface area contributed by atoms with Gasteiger partial charge in [-0.3, -0.25) is 0 Å². The summed E-state index contributed by atoms with van der Waals surface area (Å²) in [4.78, 5) is -0.0807. The van der Waals surface area contributed by atoms with Crippen LogP contribution in [0.25, 0.3) is 0 Å². The third-order valence-electron chi connectivity index (χ3n) is 2.43. The molecular formula is C11H12Cl2N2O3S2. The van der Waals surface area contributed by atoms with Crippen LogP contribution in [0, 0.1) is 0 Å². The van der Waals surface area contributed by atoms with Gasteiger partial charge in [-0.15, -0.1) is 11.3 Å². The van der Waals surface area contributed by atoms with Crippen molar-refractivity contribution < 1.29 is 12.9 Å². The lowest BCUT2D eigenvalue weighted by Crippen LogP contribution is -2.13. The molecule has 0 atom stereocenters. The van der Waals surface area contributed by atoms with Crippen LogP contribution in [0.1, 0.15) is 26.5 Å². The maximum absolute atomic E-state index is 12.2. The van der Waals surface area contributed by atoms with E-state index in [1.807, 2.05) is 20.8 Å². The molecule has 0 aromatic carbocycles. The summed E-state index contributed by atoms with van der Waals surface area (Å²) in [6.07, 6.45) is 0. The summed E-state index contributed by atoms with van der Waals surface area (Å²) in [7, 11) is -3.85. The second kappa shape index (κ2) is 5.22. The van der Waals surface area contributed by atoms with Crippen molar-refractivity contribution in [2.75, 3.05) is 4.72 Å². The van der Waals surface area contributed by atoms with E-state index in [-0.39, 0.29) is 20.5 Å². The van der Waals surface area contributed by atoms with Crippen molar-refractivity contribution in [3.8, 4) is 0 Å². The van der Waals surface area contributed by atoms with E-state index in [1.165, 1.54) is 6.07 Å². The average Bonchev–Trinajstić information content (AvgIpc) is 2.84. The zero-order valence-corrected chi connectivity index (χ0v) is 14.0. The van der Waals surface area contributed by atoms with Crippen LogP contribution in [0.3, 0.4) is 0 Å². The zero-order chi connectivity index (χ0) is 15.1. The number of thiophene rings is 1. The normalized spacial score (nSPS) is 12.7. The average molecular weight is 355 g/mol. The van der Waals surface area contributed by atoms with E-state index in [1.54, 1.807) is 6.07 Å². The quantitative estimate of drug-likeness (QED) is 0.898. The number of sulfonamides is 1. The fourth-order valence-corrected chi connectivity index (χ4v) is 4.50. The van der Waals surface area contributed by atoms with Gasteiger partial charge in [0.25, 0.3) is 10.0 Å². The van der Waals surface area contributed by atoms with Gasteiger partial charge < -0.3 is 4.52 Å². The minimum atomic E-state index is -3.85. The number of nitrogens with zero attached hydrogens (tertiary/aromatic N) is 1. The molecule has 0 saturated heterocycles. The first-order valence-corrected chi connectivity index (χ1v) is 8.60. The Balaban J connectivity index is 2.29. The van der Waals surface area contributed by atoms with Crippen molar-refractivity contribution >= 4 is 50.4 Å². The molecule has 0 unspecified atom stereocenters. The molecule has 20 heavy (non-hydrogen) atoms. The standard InChI is InChI=1S/C11H12Cl2N2O3S2/c1-11(2,3)7-5-9(18-14-7)15-20(16,17)6-4-8(12)19-10(6)13/h4-5,15H,1-3H3. The van der Waals surface area contributed by atoms with Crippen molar-refractivity contribution in [3.05, 3.63) is 26.5 Å². The van der Waals surface area contributed by atoms with E-state index in [4.69, 9.17) is 27.7 Å². The number of halogens is 2. The van der Waals surface area contributed by atoms with Crippen molar-refractivity contribution in [1.29, 1.82) is 0 Å². The van der Waals surface area contributed by atoms with Gasteiger partial charge in [-0.25, -0.2) is 13.1 Å². The lowest BCUT2D eigenvalue weighted by atomic mass is 9.92. The highest BCUT2D eigenvalue weighted by Gasteiger charge is 2.24. The van der Waals surface area contributed by atoms with Gasteiger partial charge in [0.1, 0.15) is 9.23 Å². The molecule has 0 radical (unpaired) electrons. The molecule has 110 valence electrons. The molecule has 5 nitrogen and oxygen atoms in total. The van der Waals surface area contributed by atoms with E-state index in [0.29, 0.717) is 10.0 Å². The van der Waals surface area contributed by atoms with Crippen molar-refractivity contribution in [1.82, 2.24) is 5.16 Å². The summed E-state index contributed by atoms with van der Waals surface area (Å²) < 4.78 is 32.0. The summed E-state index contributed by atoms with van der Waals surface area (Å²) in [5.41, 5.74) is 0.404. The molecule has 2 rings (SSSR count). The fourth-order valence-electron chi connectivity index (χ4n) is 1.37. The third-order valence-corrected chi connectivity index (χ3v) is 5.53. The number of hydrogen-bond donors (Lipinski definition) is 1. The highest BCUT2D eigenvalue weighted by molar-refractivity contribution is 7.93. The first-order chi connectivity index (χ1) is 9.09. The summed E-state index contributed by atoms with van der Waals surface area (Å²) >= 11 is 12.6. The van der Waals surface area contributed by atoms with Gasteiger partial charge in [0.2, 0.25) is 5.88 Å². The van der Waals surface area contributed by atoms with Crippen molar-refractivity contribution in [3.63, 3.8) is 0 Å². The molecule has 0 saturated carbocycles. The number of aromatic nitrogens is 1. The third kappa shape index (κ3) is 3.28. The molecular weight excluding hydrogens is 343 g/mol. The molecule has 9 heteroatoms. The predicted octanol–water partition coefficient (Wildman–Crippen LogP) is 4.14. The highest BCUT2D eigenvalue weighted by atomic mass is 35.5. The van der Waals surface area contributed by atoms with Crippen LogP contribution in [0.4, 0.5) is 5.88 Å². The van der Waals surface area contributed by atoms with Crippen molar-refractivity contribution in [2.45, 2.75) is 31.1 Å². The molecule has 0 amide bonds. The van der Waals surface area contributed by atoms with Crippen LogP contribution < -0.4 is 4.72 Å². The lowest BCUT2D eigenvalue weighted by Gasteiger charge is -2.12. The topological polar surface area (TPSA) is 72.2 Å². The van der Waals surface area contributed by atoms with Crippen LogP contribution in [0.5, 0.6) is 0 Å². The molecule has 2 aromatic rings. The maximum atomic E-state index is 12.2. The van der Waals surface area contributed by atoms with Gasteiger partial charge in [0.05, 0.1) is 10.0 Å². The molecule has 0 aliphatic rings. The highest BCUT2D eigenvalue weighted by Crippen LogP contribution is 2.35. The molecule has 0 spiro atoms. The molecule has 0 fully saturated rings. The van der Waals surface area contributed by atoms with Crippen LogP contribution in [-0.2, 0) is 15.4 Å². The summed E-state index contributed by atoms with van der Waals surface area (Å²) in [5.74, 6) is 0.0355. The summed E-state index contributed by atoms with van der Waals surface area (Å²) in [6.45, 7) is 5.83. The van der Waals surface area contributed by atoms with Crippen LogP contribution in [0.2, 0.25) is 8.67 Å². The molecule has 0 aliphatic carbocycles. The molecule has 2 aromatic heterocycles. The van der Waals surface area contributed by atoms with E-state index in [9.17, 15) is 8.42 Å². The predicted molar refractivity (Wildman–Crippen MR) is 80.4 cm³/mol. The smallest absolute Gasteiger partial charge is 0.266 e. The van der Waals surface area contributed by atoms with Crippen molar-refractivity contribution in [2.24, 2.45) is 0 Å². The van der Waals surface area contributed by atoms with E-state index in [2.05, 4.69) is 9.88 Å². The first kappa shape index (κ1) is 15.6. The van der Waals surface area contributed by atoms with E-state index >= 15 is 0 Å². The summed E-state index contributed by atoms with van der Waals surface area (Å²) in [5, 5.41) is 3.83. The molecule has 0 bridgehead atoms. The molecule has 2 heterocycles. The molecule has 1 N–H and O–H groups in total. The summed E-state index contributed by atoms with van der Waals surface area (Å²) in [6, 6.07) is 2.83. The Bertz CT molecular complexity index is 729. The fraction of sp³-hybridized carbons (Fsp3) is 0.364.